The third-order valence-electron chi connectivity index (χ3n) is 4.36. The number of nitrogens with zero attached hydrogens (tertiary/aromatic N) is 1. The summed E-state index contributed by atoms with van der Waals surface area (Å²) in [5.41, 5.74) is 1.96. The van der Waals surface area contributed by atoms with E-state index in [-0.39, 0.29) is 23.6 Å². The van der Waals surface area contributed by atoms with E-state index in [4.69, 9.17) is 9.84 Å². The molecule has 8 nitrogen and oxygen atoms in total. The first kappa shape index (κ1) is 19.1. The molecule has 3 amide bonds. The summed E-state index contributed by atoms with van der Waals surface area (Å²) in [5.74, 6) is -1.91. The summed E-state index contributed by atoms with van der Waals surface area (Å²) >= 11 is 0. The summed E-state index contributed by atoms with van der Waals surface area (Å²) in [6, 6.07) is 9.16. The molecule has 0 saturated carbocycles. The molecular weight excluding hydrogens is 364 g/mol. The largest absolute Gasteiger partial charge is 0.482 e. The Hall–Kier alpha value is -3.68. The average Bonchev–Trinajstić information content (AvgIpc) is 2.91. The summed E-state index contributed by atoms with van der Waals surface area (Å²) in [4.78, 5) is 48.7. The van der Waals surface area contributed by atoms with Crippen LogP contribution in [0.25, 0.3) is 0 Å². The number of imide groups is 1. The number of carboxylic acid groups (broad SMARTS) is 1. The SMILES string of the molecule is CCN1C(=O)c2ccc(C(=O)Nc3ccc(OCC(=O)O)cc3C)cc2C1=O. The molecule has 0 fully saturated rings. The minimum Gasteiger partial charge on any atom is -0.482 e. The van der Waals surface area contributed by atoms with Gasteiger partial charge in [0.1, 0.15) is 5.75 Å². The number of nitrogens with one attached hydrogen (secondary N) is 1. The number of fused-ring (bicyclic) bond motifs is 1. The minimum atomic E-state index is -1.08. The van der Waals surface area contributed by atoms with Gasteiger partial charge >= 0.3 is 5.97 Å². The summed E-state index contributed by atoms with van der Waals surface area (Å²) in [5, 5.41) is 11.4. The number of anilines is 1. The molecule has 1 aliphatic heterocycles. The molecular formula is C20H18N2O6. The predicted molar refractivity (Wildman–Crippen MR) is 99.7 cm³/mol. The molecule has 28 heavy (non-hydrogen) atoms. The Labute approximate surface area is 160 Å². The summed E-state index contributed by atoms with van der Waals surface area (Å²) in [6.07, 6.45) is 0. The molecule has 0 aliphatic carbocycles. The maximum Gasteiger partial charge on any atom is 0.341 e. The zero-order valence-corrected chi connectivity index (χ0v) is 15.3. The van der Waals surface area contributed by atoms with Gasteiger partial charge in [0.05, 0.1) is 11.1 Å². The Kier molecular flexibility index (Phi) is 5.12. The first-order valence-electron chi connectivity index (χ1n) is 8.58. The number of amides is 3. The maximum absolute atomic E-state index is 12.6. The fourth-order valence-electron chi connectivity index (χ4n) is 2.92. The zero-order valence-electron chi connectivity index (χ0n) is 15.3. The van der Waals surface area contributed by atoms with E-state index in [1.54, 1.807) is 32.0 Å². The molecule has 1 heterocycles. The lowest BCUT2D eigenvalue weighted by molar-refractivity contribution is -0.139. The number of hydrogen-bond donors (Lipinski definition) is 2. The number of carbonyl (C=O) groups is 4. The van der Waals surface area contributed by atoms with E-state index in [1.807, 2.05) is 0 Å². The fourth-order valence-corrected chi connectivity index (χ4v) is 2.92. The maximum atomic E-state index is 12.6. The Morgan fingerprint density at radius 2 is 1.79 bits per heavy atom. The molecule has 8 heteroatoms. The molecule has 1 aliphatic rings. The first-order valence-corrected chi connectivity index (χ1v) is 8.58. The third kappa shape index (κ3) is 3.57. The molecule has 2 aromatic rings. The van der Waals surface area contributed by atoms with E-state index in [2.05, 4.69) is 5.32 Å². The number of ether oxygens (including phenoxy) is 1. The van der Waals surface area contributed by atoms with Crippen LogP contribution in [0.1, 0.15) is 43.6 Å². The van der Waals surface area contributed by atoms with Gasteiger partial charge in [-0.3, -0.25) is 19.3 Å². The summed E-state index contributed by atoms with van der Waals surface area (Å²) in [6.45, 7) is 3.26. The molecule has 0 unspecified atom stereocenters. The molecule has 2 N–H and O–H groups in total. The van der Waals surface area contributed by atoms with Crippen LogP contribution in [0, 0.1) is 6.92 Å². The van der Waals surface area contributed by atoms with Crippen molar-refractivity contribution in [3.8, 4) is 5.75 Å². The highest BCUT2D eigenvalue weighted by Crippen LogP contribution is 2.25. The Balaban J connectivity index is 1.78. The molecule has 3 rings (SSSR count). The van der Waals surface area contributed by atoms with E-state index in [0.717, 1.165) is 4.90 Å². The van der Waals surface area contributed by atoms with Crippen molar-refractivity contribution in [3.63, 3.8) is 0 Å². The lowest BCUT2D eigenvalue weighted by atomic mass is 10.0. The Morgan fingerprint density at radius 1 is 1.07 bits per heavy atom. The first-order chi connectivity index (χ1) is 13.3. The average molecular weight is 382 g/mol. The lowest BCUT2D eigenvalue weighted by Crippen LogP contribution is -2.29. The van der Waals surface area contributed by atoms with Crippen LogP contribution in [-0.4, -0.2) is 46.8 Å². The predicted octanol–water partition coefficient (Wildman–Crippen LogP) is 2.33. The minimum absolute atomic E-state index is 0.216. The van der Waals surface area contributed by atoms with Crippen molar-refractivity contribution in [3.05, 3.63) is 58.7 Å². The molecule has 0 bridgehead atoms. The van der Waals surface area contributed by atoms with E-state index < -0.39 is 24.4 Å². The highest BCUT2D eigenvalue weighted by atomic mass is 16.5. The summed E-state index contributed by atoms with van der Waals surface area (Å²) in [7, 11) is 0. The number of carbonyl (C=O) groups excluding carboxylic acids is 3. The van der Waals surface area contributed by atoms with Crippen molar-refractivity contribution in [2.75, 3.05) is 18.5 Å². The van der Waals surface area contributed by atoms with Gasteiger partial charge in [0, 0.05) is 17.8 Å². The normalized spacial score (nSPS) is 12.7. The van der Waals surface area contributed by atoms with Gasteiger partial charge in [-0.15, -0.1) is 0 Å². The van der Waals surface area contributed by atoms with Crippen molar-refractivity contribution >= 4 is 29.4 Å². The van der Waals surface area contributed by atoms with Crippen LogP contribution in [0.4, 0.5) is 5.69 Å². The Bertz CT molecular complexity index is 998. The van der Waals surface area contributed by atoms with Gasteiger partial charge < -0.3 is 15.2 Å². The number of carboxylic acids is 1. The lowest BCUT2D eigenvalue weighted by Gasteiger charge is -2.11. The smallest absolute Gasteiger partial charge is 0.341 e. The molecule has 0 saturated heterocycles. The molecule has 0 spiro atoms. The van der Waals surface area contributed by atoms with Crippen LogP contribution < -0.4 is 10.1 Å². The van der Waals surface area contributed by atoms with Gasteiger partial charge in [-0.2, -0.15) is 0 Å². The van der Waals surface area contributed by atoms with E-state index >= 15 is 0 Å². The molecule has 144 valence electrons. The summed E-state index contributed by atoms with van der Waals surface area (Å²) < 4.78 is 5.10. The second kappa shape index (κ2) is 7.51. The van der Waals surface area contributed by atoms with Crippen LogP contribution in [-0.2, 0) is 4.79 Å². The standard InChI is InChI=1S/C20H18N2O6/c1-3-22-19(26)14-6-4-12(9-15(14)20(22)27)18(25)21-16-7-5-13(8-11(16)2)28-10-17(23)24/h4-9H,3,10H2,1-2H3,(H,21,25)(H,23,24). The zero-order chi connectivity index (χ0) is 20.4. The van der Waals surface area contributed by atoms with Gasteiger partial charge in [0.2, 0.25) is 0 Å². The number of hydrogen-bond acceptors (Lipinski definition) is 5. The highest BCUT2D eigenvalue weighted by Gasteiger charge is 2.34. The van der Waals surface area contributed by atoms with Crippen LogP contribution in [0.3, 0.4) is 0 Å². The number of aliphatic carboxylic acids is 1. The fraction of sp³-hybridized carbons (Fsp3) is 0.200. The van der Waals surface area contributed by atoms with Crippen molar-refractivity contribution in [2.45, 2.75) is 13.8 Å². The number of aryl methyl sites for hydroxylation is 1. The van der Waals surface area contributed by atoms with Crippen LogP contribution in [0.5, 0.6) is 5.75 Å². The Morgan fingerprint density at radius 3 is 2.43 bits per heavy atom. The second-order valence-electron chi connectivity index (χ2n) is 6.23. The van der Waals surface area contributed by atoms with Gasteiger partial charge in [-0.1, -0.05) is 0 Å². The van der Waals surface area contributed by atoms with Crippen molar-refractivity contribution in [1.82, 2.24) is 4.90 Å². The monoisotopic (exact) mass is 382 g/mol. The van der Waals surface area contributed by atoms with Crippen LogP contribution in [0.2, 0.25) is 0 Å². The molecule has 2 aromatic carbocycles. The third-order valence-corrected chi connectivity index (χ3v) is 4.36. The van der Waals surface area contributed by atoms with Crippen molar-refractivity contribution < 1.29 is 29.0 Å². The van der Waals surface area contributed by atoms with Gasteiger partial charge in [-0.05, 0) is 55.8 Å². The van der Waals surface area contributed by atoms with E-state index in [9.17, 15) is 19.2 Å². The number of rotatable bonds is 6. The molecule has 0 aromatic heterocycles. The van der Waals surface area contributed by atoms with Crippen molar-refractivity contribution in [2.24, 2.45) is 0 Å². The van der Waals surface area contributed by atoms with Crippen LogP contribution in [0.15, 0.2) is 36.4 Å². The quantitative estimate of drug-likeness (QED) is 0.742. The highest BCUT2D eigenvalue weighted by molar-refractivity contribution is 6.22. The van der Waals surface area contributed by atoms with Gasteiger partial charge in [0.15, 0.2) is 6.61 Å². The van der Waals surface area contributed by atoms with Crippen molar-refractivity contribution in [1.29, 1.82) is 0 Å². The van der Waals surface area contributed by atoms with E-state index in [1.165, 1.54) is 18.2 Å². The van der Waals surface area contributed by atoms with E-state index in [0.29, 0.717) is 22.6 Å². The topological polar surface area (TPSA) is 113 Å². The molecule has 0 radical (unpaired) electrons. The van der Waals surface area contributed by atoms with Gasteiger partial charge in [0.25, 0.3) is 17.7 Å². The molecule has 0 atom stereocenters. The number of benzene rings is 2. The van der Waals surface area contributed by atoms with Crippen LogP contribution >= 0.6 is 0 Å². The second-order valence-corrected chi connectivity index (χ2v) is 6.23. The van der Waals surface area contributed by atoms with Gasteiger partial charge in [-0.25, -0.2) is 4.79 Å².